The van der Waals surface area contributed by atoms with Crippen LogP contribution in [0.5, 0.6) is 0 Å². The molecule has 2 saturated heterocycles. The number of aliphatic hydroxyl groups is 7. The fourth-order valence-electron chi connectivity index (χ4n) is 2.61. The monoisotopic (exact) mass is 344 g/mol. The highest BCUT2D eigenvalue weighted by Crippen LogP contribution is 2.36. The van der Waals surface area contributed by atoms with Crippen LogP contribution in [0.3, 0.4) is 0 Å². The summed E-state index contributed by atoms with van der Waals surface area (Å²) in [5.41, 5.74) is 0. The number of ether oxygens (including phenoxy) is 3. The molecule has 10 nitrogen and oxygen atoms in total. The van der Waals surface area contributed by atoms with Crippen molar-refractivity contribution in [3.63, 3.8) is 0 Å². The molecule has 0 amide bonds. The Morgan fingerprint density at radius 2 is 1.57 bits per heavy atom. The second-order valence-corrected chi connectivity index (χ2v) is 5.53. The first-order chi connectivity index (χ1) is 10.8. The number of rotatable bonds is 5. The van der Waals surface area contributed by atoms with E-state index in [4.69, 9.17) is 19.3 Å². The van der Waals surface area contributed by atoms with E-state index in [9.17, 15) is 35.0 Å². The van der Waals surface area contributed by atoms with Crippen LogP contribution < -0.4 is 0 Å². The molecule has 11 heteroatoms. The van der Waals surface area contributed by atoms with Crippen molar-refractivity contribution in [3.05, 3.63) is 0 Å². The summed E-state index contributed by atoms with van der Waals surface area (Å²) in [6.07, 6.45) is -13.2. The molecule has 2 heterocycles. The van der Waals surface area contributed by atoms with E-state index in [-0.39, 0.29) is 0 Å². The number of hydrogen-bond donors (Lipinski definition) is 7. The molecule has 7 N–H and O–H groups in total. The zero-order valence-electron chi connectivity index (χ0n) is 12.0. The van der Waals surface area contributed by atoms with E-state index in [0.717, 1.165) is 0 Å². The summed E-state index contributed by atoms with van der Waals surface area (Å²) in [4.78, 5) is 0. The normalized spacial score (nSPS) is 51.1. The van der Waals surface area contributed by atoms with Crippen LogP contribution >= 0.6 is 0 Å². The SMILES string of the molecule is OC[C@H]1O[C@H](O[C@]2(CO)O[C@H](CF)[C@@H](O)[C@@H]2O)[C@H](O)[C@@H](O)[C@@H]1O. The van der Waals surface area contributed by atoms with Gasteiger partial charge in [0.1, 0.15) is 56.0 Å². The fourth-order valence-corrected chi connectivity index (χ4v) is 2.61. The molecule has 2 aliphatic heterocycles. The zero-order valence-corrected chi connectivity index (χ0v) is 12.0. The molecule has 0 aromatic rings. The van der Waals surface area contributed by atoms with Crippen molar-refractivity contribution in [3.8, 4) is 0 Å². The van der Waals surface area contributed by atoms with E-state index in [1.165, 1.54) is 0 Å². The molecule has 136 valence electrons. The fraction of sp³-hybridized carbons (Fsp3) is 1.00. The standard InChI is InChI=1S/C12H21FO10/c13-1-4-7(17)10(20)12(3-15,22-4)23-11-9(19)8(18)6(16)5(2-14)21-11/h4-11,14-20H,1-3H2/t4-,5-,6-,7-,8+,9-,10+,11-,12+/m1/s1. The smallest absolute Gasteiger partial charge is 0.224 e. The van der Waals surface area contributed by atoms with E-state index >= 15 is 0 Å². The molecule has 23 heavy (non-hydrogen) atoms. The molecule has 2 fully saturated rings. The van der Waals surface area contributed by atoms with E-state index in [0.29, 0.717) is 0 Å². The molecule has 2 aliphatic rings. The van der Waals surface area contributed by atoms with Gasteiger partial charge in [-0.3, -0.25) is 0 Å². The third kappa shape index (κ3) is 3.22. The third-order valence-electron chi connectivity index (χ3n) is 4.04. The van der Waals surface area contributed by atoms with Crippen LogP contribution in [0.15, 0.2) is 0 Å². The lowest BCUT2D eigenvalue weighted by Gasteiger charge is -2.43. The number of alkyl halides is 1. The Morgan fingerprint density at radius 1 is 0.913 bits per heavy atom. The minimum Gasteiger partial charge on any atom is -0.394 e. The van der Waals surface area contributed by atoms with Crippen LogP contribution in [0.25, 0.3) is 0 Å². The van der Waals surface area contributed by atoms with Gasteiger partial charge in [0.05, 0.1) is 6.61 Å². The average molecular weight is 344 g/mol. The second-order valence-electron chi connectivity index (χ2n) is 5.53. The Hall–Kier alpha value is -0.470. The average Bonchev–Trinajstić information content (AvgIpc) is 2.80. The molecule has 0 bridgehead atoms. The summed E-state index contributed by atoms with van der Waals surface area (Å²) >= 11 is 0. The van der Waals surface area contributed by atoms with E-state index < -0.39 is 74.7 Å². The first-order valence-electron chi connectivity index (χ1n) is 7.00. The summed E-state index contributed by atoms with van der Waals surface area (Å²) in [6, 6.07) is 0. The van der Waals surface area contributed by atoms with Crippen molar-refractivity contribution in [2.45, 2.75) is 54.8 Å². The molecule has 9 atom stereocenters. The Labute approximate surface area is 130 Å². The van der Waals surface area contributed by atoms with E-state index in [2.05, 4.69) is 0 Å². The summed E-state index contributed by atoms with van der Waals surface area (Å²) < 4.78 is 28.0. The van der Waals surface area contributed by atoms with Gasteiger partial charge in [-0.2, -0.15) is 0 Å². The van der Waals surface area contributed by atoms with Gasteiger partial charge in [0, 0.05) is 0 Å². The van der Waals surface area contributed by atoms with Crippen LogP contribution in [0.2, 0.25) is 0 Å². The first-order valence-corrected chi connectivity index (χ1v) is 7.00. The van der Waals surface area contributed by atoms with Crippen LogP contribution in [0, 0.1) is 0 Å². The molecule has 0 aromatic carbocycles. The van der Waals surface area contributed by atoms with Crippen molar-refractivity contribution in [1.82, 2.24) is 0 Å². The Bertz CT molecular complexity index is 398. The van der Waals surface area contributed by atoms with Crippen molar-refractivity contribution in [2.24, 2.45) is 0 Å². The maximum absolute atomic E-state index is 12.8. The first kappa shape index (κ1) is 18.9. The number of hydrogen-bond acceptors (Lipinski definition) is 10. The molecule has 0 spiro atoms. The highest BCUT2D eigenvalue weighted by atomic mass is 19.1. The molecule has 0 unspecified atom stereocenters. The van der Waals surface area contributed by atoms with Crippen LogP contribution in [0.4, 0.5) is 4.39 Å². The molecule has 2 rings (SSSR count). The van der Waals surface area contributed by atoms with Crippen LogP contribution in [0.1, 0.15) is 0 Å². The van der Waals surface area contributed by atoms with Gasteiger partial charge in [-0.05, 0) is 0 Å². The van der Waals surface area contributed by atoms with Crippen molar-refractivity contribution in [1.29, 1.82) is 0 Å². The van der Waals surface area contributed by atoms with Gasteiger partial charge in [-0.15, -0.1) is 0 Å². The van der Waals surface area contributed by atoms with Gasteiger partial charge in [0.25, 0.3) is 0 Å². The van der Waals surface area contributed by atoms with Crippen LogP contribution in [-0.4, -0.2) is 110 Å². The predicted octanol–water partition coefficient (Wildman–Crippen LogP) is -4.42. The van der Waals surface area contributed by atoms with Crippen molar-refractivity contribution >= 4 is 0 Å². The molecule has 0 saturated carbocycles. The second kappa shape index (κ2) is 7.19. The summed E-state index contributed by atoms with van der Waals surface area (Å²) in [5.74, 6) is -2.30. The summed E-state index contributed by atoms with van der Waals surface area (Å²) in [5, 5.41) is 67.3. The Balaban J connectivity index is 2.18. The van der Waals surface area contributed by atoms with E-state index in [1.807, 2.05) is 0 Å². The van der Waals surface area contributed by atoms with Gasteiger partial charge in [-0.25, -0.2) is 4.39 Å². The molecule has 0 radical (unpaired) electrons. The number of halogens is 1. The lowest BCUT2D eigenvalue weighted by molar-refractivity contribution is -0.383. The number of aliphatic hydroxyl groups excluding tert-OH is 7. The predicted molar refractivity (Wildman–Crippen MR) is 67.5 cm³/mol. The topological polar surface area (TPSA) is 169 Å². The Morgan fingerprint density at radius 3 is 2.04 bits per heavy atom. The van der Waals surface area contributed by atoms with Gasteiger partial charge < -0.3 is 50.0 Å². The molecule has 0 aromatic heterocycles. The third-order valence-corrected chi connectivity index (χ3v) is 4.04. The molecular formula is C12H21FO10. The molecular weight excluding hydrogens is 323 g/mol. The maximum Gasteiger partial charge on any atom is 0.224 e. The van der Waals surface area contributed by atoms with Crippen LogP contribution in [-0.2, 0) is 14.2 Å². The lowest BCUT2D eigenvalue weighted by atomic mass is 9.99. The van der Waals surface area contributed by atoms with Gasteiger partial charge in [-0.1, -0.05) is 0 Å². The largest absolute Gasteiger partial charge is 0.394 e. The Kier molecular flexibility index (Phi) is 5.90. The lowest BCUT2D eigenvalue weighted by Crippen LogP contribution is -2.62. The zero-order chi connectivity index (χ0) is 17.4. The molecule has 0 aliphatic carbocycles. The van der Waals surface area contributed by atoms with E-state index in [1.54, 1.807) is 0 Å². The highest BCUT2D eigenvalue weighted by molar-refractivity contribution is 4.98. The van der Waals surface area contributed by atoms with Gasteiger partial charge in [0.15, 0.2) is 6.29 Å². The minimum absolute atomic E-state index is 0.712. The van der Waals surface area contributed by atoms with Crippen molar-refractivity contribution < 1.29 is 54.3 Å². The van der Waals surface area contributed by atoms with Crippen molar-refractivity contribution in [2.75, 3.05) is 19.9 Å². The quantitative estimate of drug-likeness (QED) is 0.258. The maximum atomic E-state index is 12.8. The highest BCUT2D eigenvalue weighted by Gasteiger charge is 2.58. The van der Waals surface area contributed by atoms with Gasteiger partial charge >= 0.3 is 0 Å². The van der Waals surface area contributed by atoms with Gasteiger partial charge in [0.2, 0.25) is 5.79 Å². The summed E-state index contributed by atoms with van der Waals surface area (Å²) in [6.45, 7) is -2.90. The summed E-state index contributed by atoms with van der Waals surface area (Å²) in [7, 11) is 0. The minimum atomic E-state index is -2.30.